The molecule has 1 amide bonds. The Balaban J connectivity index is 1.43. The van der Waals surface area contributed by atoms with Gasteiger partial charge in [-0.2, -0.15) is 0 Å². The van der Waals surface area contributed by atoms with E-state index in [0.29, 0.717) is 5.82 Å². The maximum absolute atomic E-state index is 12.6. The summed E-state index contributed by atoms with van der Waals surface area (Å²) in [7, 11) is -3.64. The molecule has 32 heavy (non-hydrogen) atoms. The molecule has 0 bridgehead atoms. The minimum absolute atomic E-state index is 0.0126. The highest BCUT2D eigenvalue weighted by atomic mass is 32.2. The van der Waals surface area contributed by atoms with Crippen LogP contribution in [0.25, 0.3) is 16.4 Å². The van der Waals surface area contributed by atoms with Gasteiger partial charge in [0.2, 0.25) is 15.8 Å². The fourth-order valence-corrected chi connectivity index (χ4v) is 4.69. The molecule has 2 aromatic heterocycles. The van der Waals surface area contributed by atoms with Crippen molar-refractivity contribution in [3.63, 3.8) is 0 Å². The number of sulfonamides is 1. The van der Waals surface area contributed by atoms with Crippen molar-refractivity contribution in [3.05, 3.63) is 83.5 Å². The number of nitrogens with zero attached hydrogens (tertiary/aromatic N) is 3. The zero-order valence-corrected chi connectivity index (χ0v) is 18.9. The van der Waals surface area contributed by atoms with Crippen LogP contribution in [0.4, 0.5) is 0 Å². The summed E-state index contributed by atoms with van der Waals surface area (Å²) in [4.78, 5) is 18.1. The first-order valence-corrected chi connectivity index (χ1v) is 12.2. The van der Waals surface area contributed by atoms with Crippen LogP contribution >= 0.6 is 11.3 Å². The van der Waals surface area contributed by atoms with Gasteiger partial charge >= 0.3 is 0 Å². The van der Waals surface area contributed by atoms with E-state index in [0.717, 1.165) is 16.1 Å². The maximum Gasteiger partial charge on any atom is 0.291 e. The molecule has 8 nitrogen and oxygen atoms in total. The van der Waals surface area contributed by atoms with Gasteiger partial charge in [-0.25, -0.2) is 22.8 Å². The van der Waals surface area contributed by atoms with Crippen LogP contribution in [0.15, 0.2) is 77.0 Å². The molecule has 2 heterocycles. The van der Waals surface area contributed by atoms with Crippen LogP contribution in [-0.2, 0) is 10.0 Å². The van der Waals surface area contributed by atoms with Gasteiger partial charge in [-0.05, 0) is 42.6 Å². The van der Waals surface area contributed by atoms with E-state index < -0.39 is 15.9 Å². The summed E-state index contributed by atoms with van der Waals surface area (Å²) in [5.74, 6) is 0.0992. The molecule has 0 radical (unpaired) electrons. The van der Waals surface area contributed by atoms with Gasteiger partial charge in [0.25, 0.3) is 5.91 Å². The Bertz CT molecular complexity index is 1300. The van der Waals surface area contributed by atoms with Gasteiger partial charge in [-0.3, -0.25) is 4.79 Å². The van der Waals surface area contributed by atoms with E-state index in [1.54, 1.807) is 28.9 Å². The Hall–Kier alpha value is -3.34. The fraction of sp³-hybridized carbons (Fsp3) is 0.136. The third-order valence-electron chi connectivity index (χ3n) is 4.59. The number of hydrogen-bond acceptors (Lipinski definition) is 6. The Morgan fingerprint density at radius 2 is 1.75 bits per heavy atom. The quantitative estimate of drug-likeness (QED) is 0.388. The molecule has 0 atom stereocenters. The van der Waals surface area contributed by atoms with Crippen molar-refractivity contribution < 1.29 is 13.2 Å². The van der Waals surface area contributed by atoms with Crippen molar-refractivity contribution >= 4 is 27.3 Å². The molecule has 0 saturated heterocycles. The van der Waals surface area contributed by atoms with Crippen molar-refractivity contribution in [3.8, 4) is 16.4 Å². The fourth-order valence-electron chi connectivity index (χ4n) is 2.96. The van der Waals surface area contributed by atoms with E-state index in [9.17, 15) is 13.2 Å². The average Bonchev–Trinajstić information content (AvgIpc) is 3.47. The Kier molecular flexibility index (Phi) is 6.45. The van der Waals surface area contributed by atoms with Gasteiger partial charge in [0.15, 0.2) is 5.82 Å². The smallest absolute Gasteiger partial charge is 0.291 e. The minimum atomic E-state index is -3.64. The van der Waals surface area contributed by atoms with Crippen LogP contribution < -0.4 is 10.0 Å². The maximum atomic E-state index is 12.6. The van der Waals surface area contributed by atoms with E-state index in [1.807, 2.05) is 54.8 Å². The number of aromatic nitrogens is 3. The average molecular weight is 468 g/mol. The summed E-state index contributed by atoms with van der Waals surface area (Å²) in [6.07, 6.45) is 0. The van der Waals surface area contributed by atoms with Crippen molar-refractivity contribution in [2.45, 2.75) is 11.8 Å². The number of hydrogen-bond donors (Lipinski definition) is 2. The molecule has 2 N–H and O–H groups in total. The van der Waals surface area contributed by atoms with Crippen molar-refractivity contribution in [1.82, 2.24) is 24.8 Å². The molecule has 164 valence electrons. The van der Waals surface area contributed by atoms with Crippen LogP contribution in [0, 0.1) is 6.92 Å². The summed E-state index contributed by atoms with van der Waals surface area (Å²) in [5.41, 5.74) is 1.76. The van der Waals surface area contributed by atoms with Gasteiger partial charge in [0.05, 0.1) is 15.5 Å². The number of amides is 1. The molecule has 0 spiro atoms. The summed E-state index contributed by atoms with van der Waals surface area (Å²) in [5, 5.41) is 8.98. The van der Waals surface area contributed by atoms with Crippen molar-refractivity contribution in [2.24, 2.45) is 0 Å². The predicted octanol–water partition coefficient (Wildman–Crippen LogP) is 3.01. The van der Waals surface area contributed by atoms with E-state index >= 15 is 0 Å². The topological polar surface area (TPSA) is 106 Å². The highest BCUT2D eigenvalue weighted by Gasteiger charge is 2.19. The Labute approximate surface area is 190 Å². The van der Waals surface area contributed by atoms with Crippen LogP contribution in [-0.4, -0.2) is 42.2 Å². The van der Waals surface area contributed by atoms with E-state index in [4.69, 9.17) is 0 Å². The first-order chi connectivity index (χ1) is 15.4. The second kappa shape index (κ2) is 9.43. The monoisotopic (exact) mass is 467 g/mol. The molecular formula is C22H21N5O3S2. The second-order valence-corrected chi connectivity index (χ2v) is 9.67. The van der Waals surface area contributed by atoms with Gasteiger partial charge in [0, 0.05) is 13.1 Å². The number of nitrogens with one attached hydrogen (secondary N) is 2. The number of aryl methyl sites for hydroxylation is 1. The summed E-state index contributed by atoms with van der Waals surface area (Å²) < 4.78 is 28.8. The zero-order valence-electron chi connectivity index (χ0n) is 17.2. The number of rotatable bonds is 8. The first kappa shape index (κ1) is 21.9. The zero-order chi connectivity index (χ0) is 22.6. The molecule has 10 heteroatoms. The SMILES string of the molecule is Cc1ccc(S(=O)(=O)NCCNC(=O)c2nc(-c3cccs3)n(-c3ccccc3)n2)cc1. The lowest BCUT2D eigenvalue weighted by Gasteiger charge is -2.07. The molecule has 2 aromatic carbocycles. The molecule has 4 rings (SSSR count). The van der Waals surface area contributed by atoms with Crippen LogP contribution in [0.2, 0.25) is 0 Å². The van der Waals surface area contributed by atoms with E-state index in [-0.39, 0.29) is 23.8 Å². The van der Waals surface area contributed by atoms with Gasteiger partial charge in [0.1, 0.15) is 0 Å². The normalized spacial score (nSPS) is 11.4. The lowest BCUT2D eigenvalue weighted by atomic mass is 10.2. The predicted molar refractivity (Wildman–Crippen MR) is 123 cm³/mol. The molecule has 0 saturated carbocycles. The Morgan fingerprint density at radius 3 is 2.44 bits per heavy atom. The number of carbonyl (C=O) groups excluding carboxylic acids is 1. The number of thiophene rings is 1. The first-order valence-electron chi connectivity index (χ1n) is 9.85. The van der Waals surface area contributed by atoms with E-state index in [1.165, 1.54) is 11.3 Å². The lowest BCUT2D eigenvalue weighted by molar-refractivity contribution is 0.0944. The van der Waals surface area contributed by atoms with Gasteiger partial charge < -0.3 is 5.32 Å². The third kappa shape index (κ3) is 4.93. The van der Waals surface area contributed by atoms with Crippen molar-refractivity contribution in [2.75, 3.05) is 13.1 Å². The molecule has 0 aliphatic heterocycles. The second-order valence-electron chi connectivity index (χ2n) is 6.95. The number of benzene rings is 2. The molecular weight excluding hydrogens is 446 g/mol. The number of carbonyl (C=O) groups is 1. The lowest BCUT2D eigenvalue weighted by Crippen LogP contribution is -2.35. The van der Waals surface area contributed by atoms with Crippen LogP contribution in [0.3, 0.4) is 0 Å². The molecule has 0 aliphatic rings. The van der Waals surface area contributed by atoms with Crippen LogP contribution in [0.1, 0.15) is 16.2 Å². The van der Waals surface area contributed by atoms with Gasteiger partial charge in [-0.1, -0.05) is 42.0 Å². The van der Waals surface area contributed by atoms with E-state index in [2.05, 4.69) is 20.1 Å². The number of para-hydroxylation sites is 1. The standard InChI is InChI=1S/C22H21N5O3S2/c1-16-9-11-18(12-10-16)32(29,30)24-14-13-23-22(28)20-25-21(19-8-5-15-31-19)27(26-20)17-6-3-2-4-7-17/h2-12,15,24H,13-14H2,1H3,(H,23,28). The summed E-state index contributed by atoms with van der Waals surface area (Å²) in [6.45, 7) is 2.02. The largest absolute Gasteiger partial charge is 0.348 e. The molecule has 0 unspecified atom stereocenters. The molecule has 0 aliphatic carbocycles. The van der Waals surface area contributed by atoms with Gasteiger partial charge in [-0.15, -0.1) is 16.4 Å². The highest BCUT2D eigenvalue weighted by Crippen LogP contribution is 2.25. The Morgan fingerprint density at radius 1 is 1.00 bits per heavy atom. The van der Waals surface area contributed by atoms with Crippen molar-refractivity contribution in [1.29, 1.82) is 0 Å². The summed E-state index contributed by atoms with van der Waals surface area (Å²) in [6, 6.07) is 19.8. The summed E-state index contributed by atoms with van der Waals surface area (Å²) >= 11 is 1.50. The van der Waals surface area contributed by atoms with Crippen LogP contribution in [0.5, 0.6) is 0 Å². The molecule has 0 fully saturated rings. The third-order valence-corrected chi connectivity index (χ3v) is 6.93. The molecule has 4 aromatic rings. The minimum Gasteiger partial charge on any atom is -0.348 e. The highest BCUT2D eigenvalue weighted by molar-refractivity contribution is 7.89.